The highest BCUT2D eigenvalue weighted by atomic mass is 35.5. The van der Waals surface area contributed by atoms with Crippen molar-refractivity contribution in [1.29, 1.82) is 0 Å². The van der Waals surface area contributed by atoms with Crippen molar-refractivity contribution in [2.45, 2.75) is 76.9 Å². The quantitative estimate of drug-likeness (QED) is 0.237. The number of likely N-dealkylation sites (N-methyl/N-ethyl adjacent to an activating group) is 1. The van der Waals surface area contributed by atoms with E-state index in [4.69, 9.17) is 21.3 Å². The minimum atomic E-state index is -1.34. The fraction of sp³-hybridized carbons (Fsp3) is 0.531. The van der Waals surface area contributed by atoms with Crippen LogP contribution in [0.25, 0.3) is 11.0 Å². The average Bonchev–Trinajstić information content (AvgIpc) is 3.31. The molecule has 0 saturated heterocycles. The maximum atomic E-state index is 14.8. The third-order valence-corrected chi connectivity index (χ3v) is 8.79. The first-order chi connectivity index (χ1) is 19.8. The Labute approximate surface area is 251 Å². The lowest BCUT2D eigenvalue weighted by molar-refractivity contribution is -0.137. The maximum absolute atomic E-state index is 14.8. The van der Waals surface area contributed by atoms with Gasteiger partial charge in [0.15, 0.2) is 0 Å². The molecular weight excluding hydrogens is 562 g/mol. The number of carbonyl (C=O) groups is 2. The number of carbonyl (C=O) groups excluding carboxylic acids is 2. The van der Waals surface area contributed by atoms with Gasteiger partial charge < -0.3 is 20.4 Å². The van der Waals surface area contributed by atoms with E-state index in [-0.39, 0.29) is 48.9 Å². The van der Waals surface area contributed by atoms with E-state index >= 15 is 0 Å². The first-order valence-corrected chi connectivity index (χ1v) is 14.9. The third-order valence-electron chi connectivity index (χ3n) is 8.46. The summed E-state index contributed by atoms with van der Waals surface area (Å²) in [5.41, 5.74) is 0.0475. The zero-order valence-electron chi connectivity index (χ0n) is 25.1. The molecule has 1 heterocycles. The number of methoxy groups -OCH3 is 1. The molecule has 3 atom stereocenters. The molecular formula is C32H41ClF2N4O3. The van der Waals surface area contributed by atoms with Crippen molar-refractivity contribution in [3.05, 3.63) is 64.2 Å². The molecule has 0 radical (unpaired) electrons. The van der Waals surface area contributed by atoms with Crippen LogP contribution in [0.2, 0.25) is 5.02 Å². The van der Waals surface area contributed by atoms with Crippen molar-refractivity contribution < 1.29 is 23.1 Å². The van der Waals surface area contributed by atoms with Gasteiger partial charge in [0.2, 0.25) is 11.8 Å². The monoisotopic (exact) mass is 602 g/mol. The highest BCUT2D eigenvalue weighted by molar-refractivity contribution is 6.31. The molecule has 0 spiro atoms. The number of amides is 2. The second kappa shape index (κ2) is 12.7. The molecule has 2 unspecified atom stereocenters. The summed E-state index contributed by atoms with van der Waals surface area (Å²) in [5, 5.41) is 6.06. The predicted molar refractivity (Wildman–Crippen MR) is 161 cm³/mol. The van der Waals surface area contributed by atoms with Gasteiger partial charge >= 0.3 is 0 Å². The van der Waals surface area contributed by atoms with E-state index in [0.29, 0.717) is 40.5 Å². The Kier molecular flexibility index (Phi) is 9.62. The van der Waals surface area contributed by atoms with Crippen LogP contribution in [0.3, 0.4) is 0 Å². The average molecular weight is 603 g/mol. The Balaban J connectivity index is 1.62. The van der Waals surface area contributed by atoms with Crippen molar-refractivity contribution in [3.8, 4) is 0 Å². The van der Waals surface area contributed by atoms with Gasteiger partial charge in [-0.15, -0.1) is 0 Å². The van der Waals surface area contributed by atoms with Crippen LogP contribution in [-0.2, 0) is 26.2 Å². The fourth-order valence-electron chi connectivity index (χ4n) is 6.06. The lowest BCUT2D eigenvalue weighted by atomic mass is 9.69. The number of alkyl halides is 1. The number of nitrogens with one attached hydrogen (secondary N) is 3. The number of aromatic nitrogens is 2. The number of benzene rings is 2. The Morgan fingerprint density at radius 1 is 1.26 bits per heavy atom. The van der Waals surface area contributed by atoms with Crippen LogP contribution < -0.4 is 10.6 Å². The number of imidazole rings is 1. The van der Waals surface area contributed by atoms with Gasteiger partial charge in [-0.1, -0.05) is 37.6 Å². The number of fused-ring (bicyclic) bond motifs is 1. The van der Waals surface area contributed by atoms with Crippen LogP contribution in [0.4, 0.5) is 8.78 Å². The molecule has 1 fully saturated rings. The molecule has 3 aromatic rings. The summed E-state index contributed by atoms with van der Waals surface area (Å²) in [6.07, 6.45) is 0.850. The molecule has 7 nitrogen and oxygen atoms in total. The van der Waals surface area contributed by atoms with Crippen molar-refractivity contribution in [2.75, 3.05) is 20.3 Å². The lowest BCUT2D eigenvalue weighted by Crippen LogP contribution is -2.60. The smallest absolute Gasteiger partial charge is 0.242 e. The molecule has 3 N–H and O–H groups in total. The summed E-state index contributed by atoms with van der Waals surface area (Å²) in [5.74, 6) is -0.785. The number of H-pyrrole nitrogens is 1. The first-order valence-electron chi connectivity index (χ1n) is 14.5. The molecule has 10 heteroatoms. The highest BCUT2D eigenvalue weighted by Crippen LogP contribution is 2.43. The van der Waals surface area contributed by atoms with Crippen LogP contribution >= 0.6 is 11.6 Å². The van der Waals surface area contributed by atoms with E-state index in [9.17, 15) is 18.4 Å². The normalized spacial score (nSPS) is 21.4. The van der Waals surface area contributed by atoms with Crippen molar-refractivity contribution in [1.82, 2.24) is 20.6 Å². The molecule has 0 aliphatic heterocycles. The van der Waals surface area contributed by atoms with E-state index in [1.54, 1.807) is 26.0 Å². The van der Waals surface area contributed by atoms with Crippen LogP contribution in [0.1, 0.15) is 70.3 Å². The van der Waals surface area contributed by atoms with E-state index in [2.05, 4.69) is 15.6 Å². The van der Waals surface area contributed by atoms with Gasteiger partial charge in [0.1, 0.15) is 23.4 Å². The van der Waals surface area contributed by atoms with Gasteiger partial charge in [-0.3, -0.25) is 9.59 Å². The Bertz CT molecular complexity index is 1410. The topological polar surface area (TPSA) is 96.1 Å². The molecule has 0 bridgehead atoms. The van der Waals surface area contributed by atoms with Crippen LogP contribution in [0, 0.1) is 17.7 Å². The Morgan fingerprint density at radius 2 is 1.98 bits per heavy atom. The zero-order valence-corrected chi connectivity index (χ0v) is 25.9. The second-order valence-corrected chi connectivity index (χ2v) is 12.7. The van der Waals surface area contributed by atoms with E-state index in [1.807, 2.05) is 32.0 Å². The van der Waals surface area contributed by atoms with Gasteiger partial charge in [0.05, 0.1) is 23.1 Å². The van der Waals surface area contributed by atoms with Gasteiger partial charge in [0, 0.05) is 30.7 Å². The largest absolute Gasteiger partial charge is 0.383 e. The molecule has 2 aromatic carbocycles. The molecule has 1 aromatic heterocycles. The minimum absolute atomic E-state index is 0.0520. The number of aromatic amines is 1. The number of hydrogen-bond donors (Lipinski definition) is 3. The molecule has 4 rings (SSSR count). The van der Waals surface area contributed by atoms with E-state index in [0.717, 1.165) is 5.52 Å². The molecule has 228 valence electrons. The summed E-state index contributed by atoms with van der Waals surface area (Å²) in [6.45, 7) is 9.56. The first kappa shape index (κ1) is 31.9. The molecule has 1 aliphatic rings. The number of ether oxygens (including phenoxy) is 1. The number of halogens is 3. The summed E-state index contributed by atoms with van der Waals surface area (Å²) >= 11 is 6.40. The minimum Gasteiger partial charge on any atom is -0.383 e. The summed E-state index contributed by atoms with van der Waals surface area (Å²) in [6, 6.07) is 9.37. The van der Waals surface area contributed by atoms with E-state index in [1.165, 1.54) is 20.1 Å². The lowest BCUT2D eigenvalue weighted by Gasteiger charge is -2.43. The standard InChI is InChI=1S/C32H41ClF2N4O3/c1-7-36-29(40)28(19-15-31(4,35)16-19)39-30(41)32(5,17-42-6)20-11-12-24-25(13-20)38-26(37-24)14-21(18(2)3)27-22(33)9-8-10-23(27)34/h8-13,18-19,21,28H,7,14-17H2,1-6H3,(H,36,40)(H,37,38)(H,39,41)/t19?,21?,28-,31?,32?/m1/s1. The number of rotatable bonds is 12. The van der Waals surface area contributed by atoms with Gasteiger partial charge in [-0.05, 0) is 81.2 Å². The van der Waals surface area contributed by atoms with Gasteiger partial charge in [-0.2, -0.15) is 0 Å². The van der Waals surface area contributed by atoms with Crippen molar-refractivity contribution >= 4 is 34.4 Å². The highest BCUT2D eigenvalue weighted by Gasteiger charge is 2.48. The molecule has 1 aliphatic carbocycles. The van der Waals surface area contributed by atoms with Crippen LogP contribution in [0.15, 0.2) is 36.4 Å². The molecule has 42 heavy (non-hydrogen) atoms. The predicted octanol–water partition coefficient (Wildman–Crippen LogP) is 6.00. The molecule has 2 amide bonds. The Hall–Kier alpha value is -3.04. The maximum Gasteiger partial charge on any atom is 0.242 e. The van der Waals surface area contributed by atoms with Crippen molar-refractivity contribution in [2.24, 2.45) is 11.8 Å². The third kappa shape index (κ3) is 6.62. The zero-order chi connectivity index (χ0) is 30.8. The Morgan fingerprint density at radius 3 is 2.57 bits per heavy atom. The van der Waals surface area contributed by atoms with Crippen LogP contribution in [0.5, 0.6) is 0 Å². The number of hydrogen-bond acceptors (Lipinski definition) is 4. The van der Waals surface area contributed by atoms with Gasteiger partial charge in [-0.25, -0.2) is 13.8 Å². The van der Waals surface area contributed by atoms with Gasteiger partial charge in [0.25, 0.3) is 0 Å². The van der Waals surface area contributed by atoms with E-state index < -0.39 is 23.0 Å². The van der Waals surface area contributed by atoms with Crippen molar-refractivity contribution in [3.63, 3.8) is 0 Å². The number of nitrogens with zero attached hydrogens (tertiary/aromatic N) is 1. The molecule has 1 saturated carbocycles. The fourth-order valence-corrected chi connectivity index (χ4v) is 6.37. The summed E-state index contributed by atoms with van der Waals surface area (Å²) < 4.78 is 34.6. The SMILES string of the molecule is CCNC(=O)[C@H](NC(=O)C(C)(COC)c1ccc2[nH]c(CC(c3c(F)cccc3Cl)C(C)C)nc2c1)C1CC(C)(F)C1. The summed E-state index contributed by atoms with van der Waals surface area (Å²) in [7, 11) is 1.51. The second-order valence-electron chi connectivity index (χ2n) is 12.3. The summed E-state index contributed by atoms with van der Waals surface area (Å²) in [4.78, 5) is 34.8. The van der Waals surface area contributed by atoms with Crippen LogP contribution in [-0.4, -0.2) is 53.8 Å².